The molecule has 0 unspecified atom stereocenters. The highest BCUT2D eigenvalue weighted by Gasteiger charge is 2.41. The van der Waals surface area contributed by atoms with Gasteiger partial charge in [-0.3, -0.25) is 60.3 Å². The molecule has 6 rings (SSSR count). The van der Waals surface area contributed by atoms with E-state index in [1.807, 2.05) is 60.7 Å². The van der Waals surface area contributed by atoms with E-state index in [-0.39, 0.29) is 46.3 Å². The van der Waals surface area contributed by atoms with Crippen molar-refractivity contribution in [2.24, 2.45) is 0 Å². The predicted molar refractivity (Wildman–Crippen MR) is 253 cm³/mol. The van der Waals surface area contributed by atoms with Crippen LogP contribution in [0, 0.1) is 0 Å². The van der Waals surface area contributed by atoms with Gasteiger partial charge in [0.25, 0.3) is 23.6 Å². The number of thiocarbonyl (C=S) groups is 2. The van der Waals surface area contributed by atoms with Gasteiger partial charge in [-0.2, -0.15) is 0 Å². The number of rotatable bonds is 20. The standard InChI is InChI=1S/C46H46N6O8S4/c53-37(47-49-41(55)33-19-23-35(24-20-33)59-29-31-13-5-1-6-14-31)17-9-3-11-27-51-43(57)39(63-45(51)61)40-44(58)52(46(62)64-40)28-12-4-10-18-38(54)48-50-42(56)34-21-25-36(26-22-34)60-30-32-15-7-2-8-16-32/h1-2,5-8,13-16,19-26H,3-4,9-12,17-18,27-30H2,(H,47,53)(H,48,54)(H,49,55)(H,50,56). The summed E-state index contributed by atoms with van der Waals surface area (Å²) in [6.07, 6.45) is 3.77. The van der Waals surface area contributed by atoms with Crippen LogP contribution >= 0.6 is 48.0 Å². The Balaban J connectivity index is 0.822. The fourth-order valence-corrected chi connectivity index (χ4v) is 9.10. The molecule has 14 nitrogen and oxygen atoms in total. The van der Waals surface area contributed by atoms with Gasteiger partial charge in [0.1, 0.15) is 33.4 Å². The molecule has 0 bridgehead atoms. The molecule has 0 atom stereocenters. The number of carbonyl (C=O) groups excluding carboxylic acids is 6. The van der Waals surface area contributed by atoms with Crippen LogP contribution in [0.2, 0.25) is 0 Å². The molecule has 4 aromatic carbocycles. The largest absolute Gasteiger partial charge is 0.489 e. The van der Waals surface area contributed by atoms with Gasteiger partial charge in [0.2, 0.25) is 11.8 Å². The molecule has 4 N–H and O–H groups in total. The van der Waals surface area contributed by atoms with Crippen molar-refractivity contribution in [3.05, 3.63) is 141 Å². The average molecular weight is 939 g/mol. The monoisotopic (exact) mass is 938 g/mol. The zero-order valence-corrected chi connectivity index (χ0v) is 37.9. The van der Waals surface area contributed by atoms with E-state index in [1.54, 1.807) is 48.5 Å². The van der Waals surface area contributed by atoms with Gasteiger partial charge in [0, 0.05) is 37.1 Å². The normalized spacial score (nSPS) is 14.7. The van der Waals surface area contributed by atoms with Crippen molar-refractivity contribution in [3.8, 4) is 11.5 Å². The zero-order chi connectivity index (χ0) is 45.3. The zero-order valence-electron chi connectivity index (χ0n) is 34.7. The minimum atomic E-state index is -0.457. The van der Waals surface area contributed by atoms with E-state index in [1.165, 1.54) is 9.80 Å². The topological polar surface area (TPSA) is 175 Å². The number of nitrogens with zero attached hydrogens (tertiary/aromatic N) is 2. The van der Waals surface area contributed by atoms with Gasteiger partial charge in [0.05, 0.1) is 9.81 Å². The summed E-state index contributed by atoms with van der Waals surface area (Å²) in [4.78, 5) is 80.0. The number of ether oxygens (including phenoxy) is 2. The number of thioether (sulfide) groups is 2. The smallest absolute Gasteiger partial charge is 0.269 e. The van der Waals surface area contributed by atoms with Crippen molar-refractivity contribution in [2.75, 3.05) is 13.1 Å². The maximum atomic E-state index is 13.4. The van der Waals surface area contributed by atoms with Crippen LogP contribution in [0.1, 0.15) is 83.2 Å². The van der Waals surface area contributed by atoms with Gasteiger partial charge in [0.15, 0.2) is 0 Å². The van der Waals surface area contributed by atoms with Gasteiger partial charge in [-0.25, -0.2) is 0 Å². The summed E-state index contributed by atoms with van der Waals surface area (Å²) in [7, 11) is 0. The molecule has 0 radical (unpaired) electrons. The number of benzene rings is 4. The molecule has 332 valence electrons. The quantitative estimate of drug-likeness (QED) is 0.0306. The number of unbranched alkanes of at least 4 members (excludes halogenated alkanes) is 4. The minimum absolute atomic E-state index is 0.168. The average Bonchev–Trinajstić information content (AvgIpc) is 3.76. The molecular weight excluding hydrogens is 893 g/mol. The van der Waals surface area contributed by atoms with Crippen LogP contribution in [-0.4, -0.2) is 67.0 Å². The number of hydrogen-bond acceptors (Lipinski definition) is 12. The van der Waals surface area contributed by atoms with Crippen LogP contribution in [0.4, 0.5) is 0 Å². The van der Waals surface area contributed by atoms with Gasteiger partial charge in [-0.05, 0) is 85.3 Å². The molecule has 2 aliphatic rings. The molecule has 2 aliphatic heterocycles. The molecule has 2 heterocycles. The van der Waals surface area contributed by atoms with E-state index < -0.39 is 11.8 Å². The van der Waals surface area contributed by atoms with Gasteiger partial charge in [-0.1, -0.05) is 121 Å². The van der Waals surface area contributed by atoms with Gasteiger partial charge in [-0.15, -0.1) is 0 Å². The number of hydrazine groups is 2. The van der Waals surface area contributed by atoms with Crippen molar-refractivity contribution in [2.45, 2.75) is 64.6 Å². The summed E-state index contributed by atoms with van der Waals surface area (Å²) in [5.41, 5.74) is 12.5. The van der Waals surface area contributed by atoms with Crippen molar-refractivity contribution >= 4 is 92.0 Å². The number of hydrogen-bond donors (Lipinski definition) is 4. The highest BCUT2D eigenvalue weighted by Crippen LogP contribution is 2.42. The second-order valence-electron chi connectivity index (χ2n) is 14.5. The van der Waals surface area contributed by atoms with Crippen molar-refractivity contribution < 1.29 is 38.2 Å². The van der Waals surface area contributed by atoms with Crippen molar-refractivity contribution in [3.63, 3.8) is 0 Å². The van der Waals surface area contributed by atoms with Crippen LogP contribution < -0.4 is 31.2 Å². The number of carbonyl (C=O) groups is 6. The van der Waals surface area contributed by atoms with E-state index in [0.717, 1.165) is 34.7 Å². The molecule has 6 amide bonds. The van der Waals surface area contributed by atoms with Gasteiger partial charge < -0.3 is 9.47 Å². The highest BCUT2D eigenvalue weighted by molar-refractivity contribution is 8.29. The summed E-state index contributed by atoms with van der Waals surface area (Å²) in [6.45, 7) is 1.46. The Morgan fingerprint density at radius 1 is 0.484 bits per heavy atom. The molecule has 2 fully saturated rings. The lowest BCUT2D eigenvalue weighted by atomic mass is 10.2. The molecule has 0 spiro atoms. The van der Waals surface area contributed by atoms with Crippen LogP contribution in [0.15, 0.2) is 119 Å². The van der Waals surface area contributed by atoms with E-state index in [0.29, 0.717) is 96.1 Å². The summed E-state index contributed by atoms with van der Waals surface area (Å²) in [5, 5.41) is 0. The Morgan fingerprint density at radius 2 is 0.859 bits per heavy atom. The Kier molecular flexibility index (Phi) is 17.9. The first-order valence-corrected chi connectivity index (χ1v) is 23.0. The third-order valence-corrected chi connectivity index (χ3v) is 12.9. The maximum Gasteiger partial charge on any atom is 0.269 e. The Labute approximate surface area is 390 Å². The lowest BCUT2D eigenvalue weighted by molar-refractivity contribution is -0.124. The first kappa shape index (κ1) is 47.4. The Bertz CT molecular complexity index is 2200. The predicted octanol–water partition coefficient (Wildman–Crippen LogP) is 7.12. The van der Waals surface area contributed by atoms with Crippen molar-refractivity contribution in [1.82, 2.24) is 31.5 Å². The van der Waals surface area contributed by atoms with E-state index in [9.17, 15) is 28.8 Å². The lowest BCUT2D eigenvalue weighted by Crippen LogP contribution is -2.41. The van der Waals surface area contributed by atoms with Crippen LogP contribution in [0.25, 0.3) is 0 Å². The molecular formula is C46H46N6O8S4. The van der Waals surface area contributed by atoms with Crippen LogP contribution in [-0.2, 0) is 32.4 Å². The molecule has 64 heavy (non-hydrogen) atoms. The van der Waals surface area contributed by atoms with Crippen LogP contribution in [0.5, 0.6) is 11.5 Å². The second kappa shape index (κ2) is 24.1. The molecule has 0 aliphatic carbocycles. The number of amides is 6. The van der Waals surface area contributed by atoms with Crippen molar-refractivity contribution in [1.29, 1.82) is 0 Å². The van der Waals surface area contributed by atoms with E-state index in [4.69, 9.17) is 33.9 Å². The molecule has 2 saturated heterocycles. The highest BCUT2D eigenvalue weighted by atomic mass is 32.2. The third kappa shape index (κ3) is 14.0. The SMILES string of the molecule is O=C(CCCCCN1C(=O)C(=C2SC(=S)N(CCCCCC(=O)NNC(=O)c3ccc(OCc4ccccc4)cc3)C2=O)SC1=S)NNC(=O)c1ccc(OCc2ccccc2)cc1. The summed E-state index contributed by atoms with van der Waals surface area (Å²) in [6, 6.07) is 32.7. The first-order chi connectivity index (χ1) is 31.0. The van der Waals surface area contributed by atoms with E-state index >= 15 is 0 Å². The molecule has 0 saturated carbocycles. The van der Waals surface area contributed by atoms with E-state index in [2.05, 4.69) is 21.7 Å². The fourth-order valence-electron chi connectivity index (χ4n) is 6.33. The molecule has 4 aromatic rings. The molecule has 0 aromatic heterocycles. The summed E-state index contributed by atoms with van der Waals surface area (Å²) in [5.74, 6) is -1.08. The Hall–Kier alpha value is -6.08. The summed E-state index contributed by atoms with van der Waals surface area (Å²) < 4.78 is 12.2. The third-order valence-electron chi connectivity index (χ3n) is 9.84. The minimum Gasteiger partial charge on any atom is -0.489 e. The maximum absolute atomic E-state index is 13.4. The molecule has 18 heteroatoms. The number of nitrogens with one attached hydrogen (secondary N) is 4. The Morgan fingerprint density at radius 3 is 1.23 bits per heavy atom. The second-order valence-corrected chi connectivity index (χ2v) is 17.8. The first-order valence-electron chi connectivity index (χ1n) is 20.6. The fraction of sp³-hybridized carbons (Fsp3) is 0.261. The van der Waals surface area contributed by atoms with Gasteiger partial charge >= 0.3 is 0 Å². The summed E-state index contributed by atoms with van der Waals surface area (Å²) >= 11 is 13.1. The lowest BCUT2D eigenvalue weighted by Gasteiger charge is -2.14. The van der Waals surface area contributed by atoms with Crippen LogP contribution in [0.3, 0.4) is 0 Å².